The highest BCUT2D eigenvalue weighted by molar-refractivity contribution is 7.00. The summed E-state index contributed by atoms with van der Waals surface area (Å²) in [5.74, 6) is 0.547. The Kier molecular flexibility index (Phi) is 3.76. The number of fused-ring (bicyclic) bond motifs is 1. The van der Waals surface area contributed by atoms with Crippen LogP contribution in [0.15, 0.2) is 59.3 Å². The van der Waals surface area contributed by atoms with E-state index in [1.54, 1.807) is 30.7 Å². The zero-order valence-corrected chi connectivity index (χ0v) is 13.3. The van der Waals surface area contributed by atoms with E-state index in [1.165, 1.54) is 0 Å². The molecule has 0 fully saturated rings. The maximum Gasteiger partial charge on any atom is 0.251 e. The van der Waals surface area contributed by atoms with Gasteiger partial charge < -0.3 is 9.73 Å². The molecule has 1 amide bonds. The van der Waals surface area contributed by atoms with Gasteiger partial charge in [-0.2, -0.15) is 8.75 Å². The normalized spacial score (nSPS) is 10.8. The van der Waals surface area contributed by atoms with Crippen molar-refractivity contribution in [1.29, 1.82) is 0 Å². The van der Waals surface area contributed by atoms with Crippen LogP contribution in [-0.2, 0) is 6.54 Å². The van der Waals surface area contributed by atoms with E-state index in [4.69, 9.17) is 4.42 Å². The molecule has 1 aromatic carbocycles. The number of rotatable bonds is 4. The second-order valence-corrected chi connectivity index (χ2v) is 5.71. The summed E-state index contributed by atoms with van der Waals surface area (Å²) >= 11 is 1.14. The number of hydrogen-bond donors (Lipinski definition) is 1. The van der Waals surface area contributed by atoms with E-state index in [2.05, 4.69) is 19.0 Å². The zero-order valence-electron chi connectivity index (χ0n) is 12.5. The lowest BCUT2D eigenvalue weighted by Crippen LogP contribution is -2.22. The van der Waals surface area contributed by atoms with Crippen LogP contribution in [-0.4, -0.2) is 19.6 Å². The van der Waals surface area contributed by atoms with Crippen LogP contribution in [0.25, 0.3) is 22.5 Å². The number of aromatic nitrogens is 3. The van der Waals surface area contributed by atoms with Crippen molar-refractivity contribution in [3.8, 4) is 11.5 Å². The monoisotopic (exact) mass is 336 g/mol. The summed E-state index contributed by atoms with van der Waals surface area (Å²) in [5, 5.41) is 2.90. The van der Waals surface area contributed by atoms with Crippen molar-refractivity contribution in [1.82, 2.24) is 19.0 Å². The number of nitrogens with zero attached hydrogens (tertiary/aromatic N) is 3. The van der Waals surface area contributed by atoms with Crippen molar-refractivity contribution >= 4 is 28.7 Å². The van der Waals surface area contributed by atoms with Crippen LogP contribution >= 0.6 is 11.7 Å². The zero-order chi connectivity index (χ0) is 16.4. The topological polar surface area (TPSA) is 80.9 Å². The smallest absolute Gasteiger partial charge is 0.251 e. The summed E-state index contributed by atoms with van der Waals surface area (Å²) in [6.45, 7) is 0.405. The molecule has 0 aliphatic carbocycles. The van der Waals surface area contributed by atoms with Crippen LogP contribution in [0.1, 0.15) is 15.9 Å². The molecule has 4 rings (SSSR count). The molecule has 118 valence electrons. The quantitative estimate of drug-likeness (QED) is 0.618. The number of carbonyl (C=O) groups excluding carboxylic acids is 1. The molecule has 0 radical (unpaired) electrons. The second kappa shape index (κ2) is 6.21. The fourth-order valence-electron chi connectivity index (χ4n) is 2.35. The van der Waals surface area contributed by atoms with Crippen LogP contribution in [0.4, 0.5) is 0 Å². The molecule has 24 heavy (non-hydrogen) atoms. The van der Waals surface area contributed by atoms with Crippen molar-refractivity contribution < 1.29 is 9.21 Å². The number of hydrogen-bond acceptors (Lipinski definition) is 6. The van der Waals surface area contributed by atoms with Crippen molar-refractivity contribution in [3.05, 3.63) is 66.1 Å². The summed E-state index contributed by atoms with van der Waals surface area (Å²) in [7, 11) is 0. The minimum atomic E-state index is -0.152. The van der Waals surface area contributed by atoms with Crippen molar-refractivity contribution in [3.63, 3.8) is 0 Å². The van der Waals surface area contributed by atoms with Gasteiger partial charge in [0.15, 0.2) is 5.76 Å². The van der Waals surface area contributed by atoms with Crippen LogP contribution in [0.2, 0.25) is 0 Å². The van der Waals surface area contributed by atoms with Crippen molar-refractivity contribution in [2.24, 2.45) is 0 Å². The fraction of sp³-hybridized carbons (Fsp3) is 0.0588. The first-order chi connectivity index (χ1) is 11.8. The van der Waals surface area contributed by atoms with Gasteiger partial charge in [-0.25, -0.2) is 0 Å². The highest BCUT2D eigenvalue weighted by atomic mass is 32.1. The Morgan fingerprint density at radius 1 is 1.12 bits per heavy atom. The molecule has 4 aromatic rings. The maximum absolute atomic E-state index is 12.3. The lowest BCUT2D eigenvalue weighted by molar-refractivity contribution is 0.0951. The SMILES string of the molecule is O=C(NCc1ccnc(-c2ccco2)c1)c1ccc2nsnc2c1. The molecule has 0 unspecified atom stereocenters. The van der Waals surface area contributed by atoms with E-state index in [0.717, 1.165) is 34.0 Å². The predicted molar refractivity (Wildman–Crippen MR) is 90.5 cm³/mol. The molecule has 1 N–H and O–H groups in total. The number of amides is 1. The molecule has 3 heterocycles. The van der Waals surface area contributed by atoms with Gasteiger partial charge in [0.05, 0.1) is 18.0 Å². The third-order valence-corrected chi connectivity index (χ3v) is 4.12. The van der Waals surface area contributed by atoms with Gasteiger partial charge >= 0.3 is 0 Å². The molecular weight excluding hydrogens is 324 g/mol. The molecule has 0 saturated heterocycles. The average molecular weight is 336 g/mol. The lowest BCUT2D eigenvalue weighted by Gasteiger charge is -2.06. The van der Waals surface area contributed by atoms with Gasteiger partial charge in [0.2, 0.25) is 0 Å². The lowest BCUT2D eigenvalue weighted by atomic mass is 10.1. The maximum atomic E-state index is 12.3. The molecule has 0 aliphatic heterocycles. The Labute approximate surface area is 141 Å². The number of benzene rings is 1. The first kappa shape index (κ1) is 14.5. The number of carbonyl (C=O) groups is 1. The summed E-state index contributed by atoms with van der Waals surface area (Å²) in [6, 6.07) is 12.7. The second-order valence-electron chi connectivity index (χ2n) is 5.18. The molecule has 0 aliphatic rings. The third-order valence-electron chi connectivity index (χ3n) is 3.57. The molecule has 6 nitrogen and oxygen atoms in total. The first-order valence-corrected chi connectivity index (χ1v) is 8.02. The first-order valence-electron chi connectivity index (χ1n) is 7.29. The fourth-order valence-corrected chi connectivity index (χ4v) is 2.87. The van der Waals surface area contributed by atoms with Crippen LogP contribution in [0.5, 0.6) is 0 Å². The predicted octanol–water partition coefficient (Wildman–Crippen LogP) is 3.28. The minimum absolute atomic E-state index is 0.152. The Hall–Kier alpha value is -3.06. The third kappa shape index (κ3) is 2.89. The van der Waals surface area contributed by atoms with Gasteiger partial charge in [0.25, 0.3) is 5.91 Å². The molecule has 3 aromatic heterocycles. The Balaban J connectivity index is 1.48. The van der Waals surface area contributed by atoms with Crippen molar-refractivity contribution in [2.75, 3.05) is 0 Å². The van der Waals surface area contributed by atoms with Gasteiger partial charge in [0, 0.05) is 18.3 Å². The van der Waals surface area contributed by atoms with Crippen LogP contribution < -0.4 is 5.32 Å². The summed E-state index contributed by atoms with van der Waals surface area (Å²) in [4.78, 5) is 16.6. The highest BCUT2D eigenvalue weighted by Gasteiger charge is 2.09. The van der Waals surface area contributed by atoms with Gasteiger partial charge in [-0.05, 0) is 48.0 Å². The largest absolute Gasteiger partial charge is 0.463 e. The number of nitrogens with one attached hydrogen (secondary N) is 1. The Morgan fingerprint density at radius 3 is 2.92 bits per heavy atom. The standard InChI is InChI=1S/C17H12N4O2S/c22-17(12-3-4-13-14(9-12)21-24-20-13)19-10-11-5-6-18-15(8-11)16-2-1-7-23-16/h1-9H,10H2,(H,19,22). The molecule has 0 bridgehead atoms. The van der Waals surface area contributed by atoms with E-state index in [1.807, 2.05) is 24.3 Å². The van der Waals surface area contributed by atoms with Gasteiger partial charge in [-0.1, -0.05) is 0 Å². The van der Waals surface area contributed by atoms with E-state index < -0.39 is 0 Å². The Bertz CT molecular complexity index is 995. The summed E-state index contributed by atoms with van der Waals surface area (Å²) in [6.07, 6.45) is 3.31. The molecule has 7 heteroatoms. The Morgan fingerprint density at radius 2 is 2.04 bits per heavy atom. The van der Waals surface area contributed by atoms with E-state index in [-0.39, 0.29) is 5.91 Å². The molecular formula is C17H12N4O2S. The van der Waals surface area contributed by atoms with Crippen LogP contribution in [0, 0.1) is 0 Å². The number of furan rings is 1. The number of pyridine rings is 1. The summed E-state index contributed by atoms with van der Waals surface area (Å²) in [5.41, 5.74) is 3.78. The van der Waals surface area contributed by atoms with Gasteiger partial charge in [-0.15, -0.1) is 0 Å². The molecule has 0 saturated carbocycles. The van der Waals surface area contributed by atoms with E-state index in [9.17, 15) is 4.79 Å². The average Bonchev–Trinajstić information content (AvgIpc) is 3.30. The van der Waals surface area contributed by atoms with Crippen molar-refractivity contribution in [2.45, 2.75) is 6.54 Å². The van der Waals surface area contributed by atoms with E-state index in [0.29, 0.717) is 17.9 Å². The molecule has 0 spiro atoms. The van der Waals surface area contributed by atoms with Crippen LogP contribution in [0.3, 0.4) is 0 Å². The summed E-state index contributed by atoms with van der Waals surface area (Å²) < 4.78 is 13.6. The minimum Gasteiger partial charge on any atom is -0.463 e. The highest BCUT2D eigenvalue weighted by Crippen LogP contribution is 2.18. The molecule has 0 atom stereocenters. The van der Waals surface area contributed by atoms with Gasteiger partial charge in [-0.3, -0.25) is 9.78 Å². The van der Waals surface area contributed by atoms with Gasteiger partial charge in [0.1, 0.15) is 16.7 Å². The van der Waals surface area contributed by atoms with E-state index >= 15 is 0 Å².